The van der Waals surface area contributed by atoms with Gasteiger partial charge in [-0.25, -0.2) is 9.59 Å². The van der Waals surface area contributed by atoms with Crippen LogP contribution < -0.4 is 10.9 Å². The zero-order valence-electron chi connectivity index (χ0n) is 20.3. The first-order valence-corrected chi connectivity index (χ1v) is 11.9. The summed E-state index contributed by atoms with van der Waals surface area (Å²) < 4.78 is 10.9. The largest absolute Gasteiger partial charge is 0.458 e. The van der Waals surface area contributed by atoms with Gasteiger partial charge >= 0.3 is 11.9 Å². The first kappa shape index (κ1) is 25.9. The van der Waals surface area contributed by atoms with Gasteiger partial charge in [0, 0.05) is 5.56 Å². The Morgan fingerprint density at radius 2 is 1.51 bits per heavy atom. The molecule has 8 heteroatoms. The van der Waals surface area contributed by atoms with E-state index in [1.165, 1.54) is 12.1 Å². The molecule has 3 rings (SSSR count). The van der Waals surface area contributed by atoms with Gasteiger partial charge in [-0.2, -0.15) is 0 Å². The first-order valence-electron chi connectivity index (χ1n) is 11.9. The van der Waals surface area contributed by atoms with E-state index >= 15 is 0 Å². The van der Waals surface area contributed by atoms with Crippen LogP contribution in [0.5, 0.6) is 0 Å². The Labute approximate surface area is 205 Å². The van der Waals surface area contributed by atoms with Crippen LogP contribution in [-0.4, -0.2) is 36.5 Å². The van der Waals surface area contributed by atoms with E-state index in [4.69, 9.17) is 9.47 Å². The highest BCUT2D eigenvalue weighted by molar-refractivity contribution is 6.03. The summed E-state index contributed by atoms with van der Waals surface area (Å²) in [4.78, 5) is 49.7. The SMILES string of the molecule is CC(C)[C@H]1CC[C@@H](C)C[C@@H]1OC(=O)c1ccccc1C(=O)OCC(=O)NNC(=O)c1ccccc1. The molecule has 0 bridgehead atoms. The standard InChI is InChI=1S/C27H32N2O6/c1-17(2)20-14-13-18(3)15-23(20)35-27(33)22-12-8-7-11-21(22)26(32)34-16-24(30)28-29-25(31)19-9-5-4-6-10-19/h4-12,17-18,20,23H,13-16H2,1-3H3,(H,28,30)(H,29,31)/t18-,20-,23+/m1/s1. The van der Waals surface area contributed by atoms with E-state index in [0.717, 1.165) is 19.3 Å². The predicted molar refractivity (Wildman–Crippen MR) is 129 cm³/mol. The topological polar surface area (TPSA) is 111 Å². The summed E-state index contributed by atoms with van der Waals surface area (Å²) in [6.07, 6.45) is 2.68. The summed E-state index contributed by atoms with van der Waals surface area (Å²) in [5, 5.41) is 0. The van der Waals surface area contributed by atoms with E-state index in [0.29, 0.717) is 17.4 Å². The van der Waals surface area contributed by atoms with Gasteiger partial charge in [-0.1, -0.05) is 57.5 Å². The highest BCUT2D eigenvalue weighted by atomic mass is 16.5. The van der Waals surface area contributed by atoms with Gasteiger partial charge in [-0.15, -0.1) is 0 Å². The van der Waals surface area contributed by atoms with Crippen molar-refractivity contribution in [1.29, 1.82) is 0 Å². The van der Waals surface area contributed by atoms with Crippen molar-refractivity contribution >= 4 is 23.8 Å². The third kappa shape index (κ3) is 7.15. The van der Waals surface area contributed by atoms with E-state index in [1.54, 1.807) is 42.5 Å². The van der Waals surface area contributed by atoms with Crippen molar-refractivity contribution in [1.82, 2.24) is 10.9 Å². The van der Waals surface area contributed by atoms with Crippen molar-refractivity contribution in [3.8, 4) is 0 Å². The minimum atomic E-state index is -0.834. The molecule has 2 aromatic carbocycles. The van der Waals surface area contributed by atoms with Gasteiger partial charge in [0.1, 0.15) is 6.10 Å². The number of hydrogen-bond acceptors (Lipinski definition) is 6. The Bertz CT molecular complexity index is 1050. The lowest BCUT2D eigenvalue weighted by Crippen LogP contribution is -2.43. The molecule has 1 aliphatic carbocycles. The van der Waals surface area contributed by atoms with E-state index in [2.05, 4.69) is 31.6 Å². The van der Waals surface area contributed by atoms with Crippen molar-refractivity contribution in [3.63, 3.8) is 0 Å². The van der Waals surface area contributed by atoms with Gasteiger partial charge in [0.05, 0.1) is 11.1 Å². The number of esters is 2. The maximum absolute atomic E-state index is 13.0. The highest BCUT2D eigenvalue weighted by Gasteiger charge is 2.34. The Hall–Kier alpha value is -3.68. The minimum Gasteiger partial charge on any atom is -0.458 e. The molecule has 2 aromatic rings. The van der Waals surface area contributed by atoms with Crippen LogP contribution in [0, 0.1) is 17.8 Å². The molecule has 0 saturated heterocycles. The number of hydrogen-bond donors (Lipinski definition) is 2. The summed E-state index contributed by atoms with van der Waals surface area (Å²) in [5.74, 6) is -1.54. The van der Waals surface area contributed by atoms with Crippen molar-refractivity contribution in [3.05, 3.63) is 71.3 Å². The van der Waals surface area contributed by atoms with Gasteiger partial charge in [-0.3, -0.25) is 20.4 Å². The van der Waals surface area contributed by atoms with Gasteiger partial charge in [0.15, 0.2) is 6.61 Å². The first-order chi connectivity index (χ1) is 16.8. The molecule has 2 amide bonds. The second kappa shape index (κ2) is 12.1. The number of carbonyl (C=O) groups is 4. The highest BCUT2D eigenvalue weighted by Crippen LogP contribution is 2.35. The molecule has 2 N–H and O–H groups in total. The molecule has 186 valence electrons. The monoisotopic (exact) mass is 480 g/mol. The lowest BCUT2D eigenvalue weighted by Gasteiger charge is -2.36. The molecule has 3 atom stereocenters. The van der Waals surface area contributed by atoms with E-state index in [1.807, 2.05) is 0 Å². The summed E-state index contributed by atoms with van der Waals surface area (Å²) in [7, 11) is 0. The van der Waals surface area contributed by atoms with Crippen LogP contribution in [0.25, 0.3) is 0 Å². The molecule has 1 aliphatic rings. The molecule has 8 nitrogen and oxygen atoms in total. The molecular formula is C27H32N2O6. The fourth-order valence-electron chi connectivity index (χ4n) is 4.32. The average molecular weight is 481 g/mol. The molecule has 0 heterocycles. The molecule has 0 radical (unpaired) electrons. The lowest BCUT2D eigenvalue weighted by molar-refractivity contribution is -0.125. The number of rotatable bonds is 7. The second-order valence-electron chi connectivity index (χ2n) is 9.26. The van der Waals surface area contributed by atoms with E-state index in [9.17, 15) is 19.2 Å². The van der Waals surface area contributed by atoms with Crippen molar-refractivity contribution < 1.29 is 28.7 Å². The molecule has 1 fully saturated rings. The van der Waals surface area contributed by atoms with Crippen molar-refractivity contribution in [2.45, 2.75) is 46.1 Å². The van der Waals surface area contributed by atoms with Crippen LogP contribution in [0.3, 0.4) is 0 Å². The van der Waals surface area contributed by atoms with Crippen LogP contribution in [0.1, 0.15) is 71.1 Å². The molecule has 1 saturated carbocycles. The van der Waals surface area contributed by atoms with Gasteiger partial charge in [-0.05, 0) is 54.9 Å². The van der Waals surface area contributed by atoms with Gasteiger partial charge < -0.3 is 9.47 Å². The van der Waals surface area contributed by atoms with E-state index < -0.39 is 30.4 Å². The fourth-order valence-corrected chi connectivity index (χ4v) is 4.32. The van der Waals surface area contributed by atoms with Crippen LogP contribution in [-0.2, 0) is 14.3 Å². The molecule has 0 spiro atoms. The zero-order valence-corrected chi connectivity index (χ0v) is 20.3. The summed E-state index contributed by atoms with van der Waals surface area (Å²) in [6.45, 7) is 5.77. The van der Waals surface area contributed by atoms with Gasteiger partial charge in [0.25, 0.3) is 11.8 Å². The molecular weight excluding hydrogens is 448 g/mol. The average Bonchev–Trinajstić information content (AvgIpc) is 2.86. The summed E-state index contributed by atoms with van der Waals surface area (Å²) in [5.41, 5.74) is 4.92. The van der Waals surface area contributed by atoms with Crippen LogP contribution in [0.2, 0.25) is 0 Å². The molecule has 35 heavy (non-hydrogen) atoms. The maximum atomic E-state index is 13.0. The minimum absolute atomic E-state index is 0.0172. The molecule has 0 unspecified atom stereocenters. The number of benzene rings is 2. The number of carbonyl (C=O) groups excluding carboxylic acids is 4. The Kier molecular flexibility index (Phi) is 9.00. The maximum Gasteiger partial charge on any atom is 0.339 e. The third-order valence-corrected chi connectivity index (χ3v) is 6.27. The lowest BCUT2D eigenvalue weighted by atomic mass is 9.75. The van der Waals surface area contributed by atoms with Gasteiger partial charge in [0.2, 0.25) is 0 Å². The smallest absolute Gasteiger partial charge is 0.339 e. The Morgan fingerprint density at radius 3 is 2.17 bits per heavy atom. The number of amides is 2. The fraction of sp³-hybridized carbons (Fsp3) is 0.407. The summed E-state index contributed by atoms with van der Waals surface area (Å²) >= 11 is 0. The van der Waals surface area contributed by atoms with Crippen molar-refractivity contribution in [2.24, 2.45) is 17.8 Å². The normalized spacial score (nSPS) is 19.5. The quantitative estimate of drug-likeness (QED) is 0.459. The number of hydrazine groups is 1. The second-order valence-corrected chi connectivity index (χ2v) is 9.26. The third-order valence-electron chi connectivity index (χ3n) is 6.27. The Balaban J connectivity index is 1.57. The van der Waals surface area contributed by atoms with Crippen molar-refractivity contribution in [2.75, 3.05) is 6.61 Å². The predicted octanol–water partition coefficient (Wildman–Crippen LogP) is 3.92. The molecule has 0 aliphatic heterocycles. The van der Waals surface area contributed by atoms with E-state index in [-0.39, 0.29) is 23.1 Å². The zero-order chi connectivity index (χ0) is 25.4. The Morgan fingerprint density at radius 1 is 0.886 bits per heavy atom. The number of ether oxygens (including phenoxy) is 2. The number of nitrogens with one attached hydrogen (secondary N) is 2. The van der Waals surface area contributed by atoms with Crippen LogP contribution in [0.4, 0.5) is 0 Å². The van der Waals surface area contributed by atoms with Crippen LogP contribution in [0.15, 0.2) is 54.6 Å². The molecule has 0 aromatic heterocycles. The summed E-state index contributed by atoms with van der Waals surface area (Å²) in [6, 6.07) is 14.5. The van der Waals surface area contributed by atoms with Crippen LogP contribution >= 0.6 is 0 Å².